The summed E-state index contributed by atoms with van der Waals surface area (Å²) in [6, 6.07) is 1.28. The second-order valence-electron chi connectivity index (χ2n) is 5.91. The molecule has 0 aromatic rings. The molecule has 2 aliphatic rings. The Labute approximate surface area is 116 Å². The maximum atomic E-state index is 4.82. The van der Waals surface area contributed by atoms with Gasteiger partial charge in [0.25, 0.3) is 0 Å². The van der Waals surface area contributed by atoms with Crippen LogP contribution in [-0.2, 0) is 0 Å². The van der Waals surface area contributed by atoms with Gasteiger partial charge in [-0.1, -0.05) is 32.0 Å². The molecule has 0 amide bonds. The number of thioether (sulfide) groups is 1. The number of likely N-dealkylation sites (N-methyl/N-ethyl adjacent to an activating group) is 1. The normalized spacial score (nSPS) is 32.8. The van der Waals surface area contributed by atoms with Gasteiger partial charge in [-0.2, -0.15) is 0 Å². The van der Waals surface area contributed by atoms with Crippen LogP contribution in [0.4, 0.5) is 0 Å². The highest BCUT2D eigenvalue weighted by Crippen LogP contribution is 2.20. The van der Waals surface area contributed by atoms with E-state index in [1.165, 1.54) is 43.1 Å². The third kappa shape index (κ3) is 3.89. The van der Waals surface area contributed by atoms with Gasteiger partial charge in [0.15, 0.2) is 5.17 Å². The molecule has 3 nitrogen and oxygen atoms in total. The van der Waals surface area contributed by atoms with Gasteiger partial charge in [0, 0.05) is 17.8 Å². The molecule has 0 saturated carbocycles. The molecular formula is C14H27N3S. The van der Waals surface area contributed by atoms with Crippen molar-refractivity contribution in [2.24, 2.45) is 10.9 Å². The lowest BCUT2D eigenvalue weighted by Crippen LogP contribution is -2.42. The van der Waals surface area contributed by atoms with Gasteiger partial charge in [-0.15, -0.1) is 0 Å². The predicted molar refractivity (Wildman–Crippen MR) is 81.4 cm³/mol. The van der Waals surface area contributed by atoms with Crippen molar-refractivity contribution < 1.29 is 0 Å². The number of hydrogen-bond donors (Lipinski definition) is 1. The van der Waals surface area contributed by atoms with E-state index in [0.717, 1.165) is 6.54 Å². The van der Waals surface area contributed by atoms with Gasteiger partial charge < -0.3 is 10.2 Å². The fraction of sp³-hybridized carbons (Fsp3) is 0.929. The first-order chi connectivity index (χ1) is 8.66. The minimum Gasteiger partial charge on any atom is -0.362 e. The summed E-state index contributed by atoms with van der Waals surface area (Å²) >= 11 is 1.89. The Morgan fingerprint density at radius 2 is 2.22 bits per heavy atom. The van der Waals surface area contributed by atoms with Crippen LogP contribution in [-0.4, -0.2) is 48.0 Å². The molecule has 0 spiro atoms. The molecule has 2 heterocycles. The first kappa shape index (κ1) is 14.2. The van der Waals surface area contributed by atoms with Gasteiger partial charge >= 0.3 is 0 Å². The molecule has 2 atom stereocenters. The number of nitrogens with zero attached hydrogens (tertiary/aromatic N) is 2. The van der Waals surface area contributed by atoms with E-state index in [1.54, 1.807) is 0 Å². The Morgan fingerprint density at radius 1 is 1.39 bits per heavy atom. The van der Waals surface area contributed by atoms with Gasteiger partial charge in [0.1, 0.15) is 0 Å². The van der Waals surface area contributed by atoms with Crippen LogP contribution in [0, 0.1) is 5.92 Å². The Balaban J connectivity index is 1.84. The number of amidine groups is 1. The summed E-state index contributed by atoms with van der Waals surface area (Å²) in [5.41, 5.74) is 0. The van der Waals surface area contributed by atoms with Crippen LogP contribution in [0.3, 0.4) is 0 Å². The van der Waals surface area contributed by atoms with Crippen LogP contribution in [0.2, 0.25) is 0 Å². The molecule has 0 aliphatic carbocycles. The van der Waals surface area contributed by atoms with Crippen molar-refractivity contribution >= 4 is 16.9 Å². The quantitative estimate of drug-likeness (QED) is 0.853. The number of piperidine rings is 1. The molecule has 2 rings (SSSR count). The Bertz CT molecular complexity index is 291. The van der Waals surface area contributed by atoms with Crippen molar-refractivity contribution in [2.75, 3.05) is 25.9 Å². The minimum absolute atomic E-state index is 0.620. The molecule has 18 heavy (non-hydrogen) atoms. The summed E-state index contributed by atoms with van der Waals surface area (Å²) in [6.45, 7) is 6.79. The molecule has 4 heteroatoms. The molecular weight excluding hydrogens is 242 g/mol. The van der Waals surface area contributed by atoms with E-state index in [0.29, 0.717) is 18.0 Å². The number of hydrogen-bond acceptors (Lipinski definition) is 3. The fourth-order valence-electron chi connectivity index (χ4n) is 2.71. The zero-order chi connectivity index (χ0) is 13.0. The van der Waals surface area contributed by atoms with Crippen LogP contribution < -0.4 is 5.32 Å². The van der Waals surface area contributed by atoms with Crippen molar-refractivity contribution in [3.63, 3.8) is 0 Å². The highest BCUT2D eigenvalue weighted by atomic mass is 32.2. The van der Waals surface area contributed by atoms with Crippen molar-refractivity contribution in [3.05, 3.63) is 0 Å². The summed E-state index contributed by atoms with van der Waals surface area (Å²) in [4.78, 5) is 7.29. The molecule has 2 saturated heterocycles. The van der Waals surface area contributed by atoms with Crippen LogP contribution in [0.1, 0.15) is 39.5 Å². The van der Waals surface area contributed by atoms with Crippen molar-refractivity contribution in [3.8, 4) is 0 Å². The van der Waals surface area contributed by atoms with E-state index in [4.69, 9.17) is 4.99 Å². The van der Waals surface area contributed by atoms with Crippen molar-refractivity contribution in [1.82, 2.24) is 10.2 Å². The molecule has 2 aliphatic heterocycles. The first-order valence-corrected chi connectivity index (χ1v) is 8.29. The Hall–Kier alpha value is -0.220. The van der Waals surface area contributed by atoms with E-state index >= 15 is 0 Å². The molecule has 0 aromatic heterocycles. The number of aliphatic imine (C=N–C) groups is 1. The maximum absolute atomic E-state index is 4.82. The summed E-state index contributed by atoms with van der Waals surface area (Å²) in [7, 11) is 2.24. The third-order valence-corrected chi connectivity index (χ3v) is 5.11. The number of nitrogens with one attached hydrogen (secondary N) is 1. The second kappa shape index (κ2) is 6.80. The lowest BCUT2D eigenvalue weighted by molar-refractivity contribution is 0.191. The van der Waals surface area contributed by atoms with E-state index in [1.807, 2.05) is 11.8 Å². The van der Waals surface area contributed by atoms with E-state index in [-0.39, 0.29) is 0 Å². The molecule has 0 aromatic carbocycles. The van der Waals surface area contributed by atoms with E-state index < -0.39 is 0 Å². The maximum Gasteiger partial charge on any atom is 0.156 e. The van der Waals surface area contributed by atoms with E-state index in [2.05, 4.69) is 31.1 Å². The van der Waals surface area contributed by atoms with Gasteiger partial charge in [-0.05, 0) is 38.8 Å². The largest absolute Gasteiger partial charge is 0.362 e. The Kier molecular flexibility index (Phi) is 5.37. The molecule has 1 N–H and O–H groups in total. The minimum atomic E-state index is 0.620. The summed E-state index contributed by atoms with van der Waals surface area (Å²) in [5.74, 6) is 1.92. The zero-order valence-corrected chi connectivity index (χ0v) is 12.8. The third-order valence-electron chi connectivity index (χ3n) is 4.15. The highest BCUT2D eigenvalue weighted by molar-refractivity contribution is 8.13. The average Bonchev–Trinajstić information content (AvgIpc) is 2.38. The summed E-state index contributed by atoms with van der Waals surface area (Å²) in [5, 5.41) is 4.78. The molecule has 104 valence electrons. The zero-order valence-electron chi connectivity index (χ0n) is 12.0. The van der Waals surface area contributed by atoms with Crippen LogP contribution in [0.25, 0.3) is 0 Å². The molecule has 0 radical (unpaired) electrons. The van der Waals surface area contributed by atoms with E-state index in [9.17, 15) is 0 Å². The Morgan fingerprint density at radius 3 is 2.94 bits per heavy atom. The molecule has 2 fully saturated rings. The average molecular weight is 269 g/mol. The highest BCUT2D eigenvalue weighted by Gasteiger charge is 2.22. The van der Waals surface area contributed by atoms with Crippen LogP contribution in [0.5, 0.6) is 0 Å². The lowest BCUT2D eigenvalue weighted by atomic mass is 10.0. The van der Waals surface area contributed by atoms with Gasteiger partial charge in [-0.3, -0.25) is 4.99 Å². The smallest absolute Gasteiger partial charge is 0.156 e. The van der Waals surface area contributed by atoms with Crippen LogP contribution in [0.15, 0.2) is 4.99 Å². The first-order valence-electron chi connectivity index (χ1n) is 7.31. The predicted octanol–water partition coefficient (Wildman–Crippen LogP) is 2.58. The number of rotatable bonds is 3. The monoisotopic (exact) mass is 269 g/mol. The van der Waals surface area contributed by atoms with Crippen molar-refractivity contribution in [1.29, 1.82) is 0 Å². The topological polar surface area (TPSA) is 27.6 Å². The lowest BCUT2D eigenvalue weighted by Gasteiger charge is -2.32. The fourth-order valence-corrected chi connectivity index (χ4v) is 3.68. The summed E-state index contributed by atoms with van der Waals surface area (Å²) in [6.07, 6.45) is 5.30. The molecule has 2 unspecified atom stereocenters. The molecule has 0 bridgehead atoms. The second-order valence-corrected chi connectivity index (χ2v) is 6.99. The van der Waals surface area contributed by atoms with Crippen molar-refractivity contribution in [2.45, 2.75) is 51.6 Å². The van der Waals surface area contributed by atoms with Crippen LogP contribution >= 0.6 is 11.8 Å². The SMILES string of the molecule is CC(C)C1CCSC(=NCC2CCCCN2C)N1. The van der Waals surface area contributed by atoms with Gasteiger partial charge in [0.2, 0.25) is 0 Å². The van der Waals surface area contributed by atoms with Gasteiger partial charge in [-0.25, -0.2) is 0 Å². The number of likely N-dealkylation sites (tertiary alicyclic amines) is 1. The van der Waals surface area contributed by atoms with Gasteiger partial charge in [0.05, 0.1) is 6.54 Å². The summed E-state index contributed by atoms with van der Waals surface area (Å²) < 4.78 is 0. The standard InChI is InChI=1S/C14H27N3S/c1-11(2)13-7-9-18-14(16-13)15-10-12-6-4-5-8-17(12)3/h11-13H,4-10H2,1-3H3,(H,15,16).